The van der Waals surface area contributed by atoms with E-state index in [1.54, 1.807) is 5.56 Å². The van der Waals surface area contributed by atoms with Crippen molar-refractivity contribution in [1.29, 1.82) is 0 Å². The predicted molar refractivity (Wildman–Crippen MR) is 128 cm³/mol. The number of carboxylic acids is 1. The van der Waals surface area contributed by atoms with Crippen molar-refractivity contribution in [2.75, 3.05) is 0 Å². The van der Waals surface area contributed by atoms with E-state index in [4.69, 9.17) is 5.11 Å². The zero-order chi connectivity index (χ0) is 21.9. The van der Waals surface area contributed by atoms with Gasteiger partial charge < -0.3 is 9.52 Å². The average Bonchev–Trinajstić information content (AvgIpc) is 3.40. The third-order valence-electron chi connectivity index (χ3n) is 6.34. The Morgan fingerprint density at radius 2 is 1.59 bits per heavy atom. The first-order valence-electron chi connectivity index (χ1n) is 11.0. The first-order chi connectivity index (χ1) is 15.7. The summed E-state index contributed by atoms with van der Waals surface area (Å²) in [5.41, 5.74) is 4.75. The third-order valence-corrected chi connectivity index (χ3v) is 6.34. The topological polar surface area (TPSA) is 50.4 Å². The van der Waals surface area contributed by atoms with Gasteiger partial charge in [0.05, 0.1) is 11.8 Å². The van der Waals surface area contributed by atoms with Crippen LogP contribution in [0.3, 0.4) is 0 Å². The van der Waals surface area contributed by atoms with Gasteiger partial charge in [-0.05, 0) is 63.6 Å². The fraction of sp³-hybridized carbons (Fsp3) is 0.138. The van der Waals surface area contributed by atoms with E-state index in [1.807, 2.05) is 0 Å². The van der Waals surface area contributed by atoms with E-state index in [1.165, 1.54) is 70.5 Å². The van der Waals surface area contributed by atoms with Crippen LogP contribution < -0.4 is 0 Å². The van der Waals surface area contributed by atoms with Crippen LogP contribution in [-0.2, 0) is 6.42 Å². The fourth-order valence-electron chi connectivity index (χ4n) is 4.83. The second-order valence-electron chi connectivity index (χ2n) is 8.19. The minimum absolute atomic E-state index is 0.185. The Balaban J connectivity index is 0.000000230. The van der Waals surface area contributed by atoms with E-state index in [0.717, 1.165) is 0 Å². The summed E-state index contributed by atoms with van der Waals surface area (Å²) in [5, 5.41) is 13.8. The number of hydrogen-bond acceptors (Lipinski definition) is 2. The van der Waals surface area contributed by atoms with Crippen LogP contribution in [0.5, 0.6) is 0 Å². The van der Waals surface area contributed by atoms with Gasteiger partial charge in [0.25, 0.3) is 0 Å². The summed E-state index contributed by atoms with van der Waals surface area (Å²) < 4.78 is 4.49. The molecule has 6 rings (SSSR count). The molecule has 0 fully saturated rings. The molecule has 0 saturated heterocycles. The first-order valence-corrected chi connectivity index (χ1v) is 11.0. The van der Waals surface area contributed by atoms with Crippen molar-refractivity contribution in [3.8, 4) is 0 Å². The second kappa shape index (κ2) is 8.72. The lowest BCUT2D eigenvalue weighted by atomic mass is 9.77. The first kappa shape index (κ1) is 20.1. The van der Waals surface area contributed by atoms with Crippen LogP contribution in [0.15, 0.2) is 102 Å². The van der Waals surface area contributed by atoms with Crippen LogP contribution in [0.4, 0.5) is 0 Å². The summed E-state index contributed by atoms with van der Waals surface area (Å²) >= 11 is 0. The SMILES string of the molecule is O=C(O)c1ccoc1.c1ccc(C2CCCc3c2ccc2c3ccc3ccccc32)cc1. The van der Waals surface area contributed by atoms with Crippen molar-refractivity contribution in [3.63, 3.8) is 0 Å². The van der Waals surface area contributed by atoms with Gasteiger partial charge in [-0.25, -0.2) is 4.79 Å². The zero-order valence-corrected chi connectivity index (χ0v) is 17.7. The van der Waals surface area contributed by atoms with Crippen molar-refractivity contribution < 1.29 is 14.3 Å². The van der Waals surface area contributed by atoms with Gasteiger partial charge in [0, 0.05) is 5.92 Å². The zero-order valence-electron chi connectivity index (χ0n) is 17.7. The molecule has 1 aromatic heterocycles. The minimum Gasteiger partial charge on any atom is -0.478 e. The number of carbonyl (C=O) groups is 1. The van der Waals surface area contributed by atoms with Gasteiger partial charge >= 0.3 is 5.97 Å². The highest BCUT2D eigenvalue weighted by Crippen LogP contribution is 2.41. The van der Waals surface area contributed by atoms with Crippen molar-refractivity contribution in [2.24, 2.45) is 0 Å². The van der Waals surface area contributed by atoms with Gasteiger partial charge in [-0.15, -0.1) is 0 Å². The third kappa shape index (κ3) is 3.78. The number of aromatic carboxylic acids is 1. The van der Waals surface area contributed by atoms with E-state index in [2.05, 4.69) is 83.3 Å². The fourth-order valence-corrected chi connectivity index (χ4v) is 4.83. The Hall–Kier alpha value is -3.85. The van der Waals surface area contributed by atoms with Gasteiger partial charge in [0.15, 0.2) is 0 Å². The molecule has 1 atom stereocenters. The molecule has 1 unspecified atom stereocenters. The van der Waals surface area contributed by atoms with E-state index in [0.29, 0.717) is 5.92 Å². The highest BCUT2D eigenvalue weighted by Gasteiger charge is 2.23. The van der Waals surface area contributed by atoms with E-state index >= 15 is 0 Å². The maximum absolute atomic E-state index is 10.0. The lowest BCUT2D eigenvalue weighted by Gasteiger charge is -2.27. The molecule has 5 aromatic rings. The number of fused-ring (bicyclic) bond motifs is 5. The second-order valence-corrected chi connectivity index (χ2v) is 8.19. The number of aryl methyl sites for hydroxylation is 1. The quantitative estimate of drug-likeness (QED) is 0.302. The lowest BCUT2D eigenvalue weighted by Crippen LogP contribution is -2.11. The molecule has 1 aliphatic rings. The Morgan fingerprint density at radius 1 is 0.812 bits per heavy atom. The van der Waals surface area contributed by atoms with Gasteiger partial charge in [-0.3, -0.25) is 0 Å². The molecule has 0 bridgehead atoms. The van der Waals surface area contributed by atoms with Crippen LogP contribution in [0.25, 0.3) is 21.5 Å². The molecular weight excluding hydrogens is 396 g/mol. The molecule has 0 amide bonds. The number of hydrogen-bond donors (Lipinski definition) is 1. The van der Waals surface area contributed by atoms with E-state index < -0.39 is 5.97 Å². The van der Waals surface area contributed by atoms with Crippen molar-refractivity contribution in [1.82, 2.24) is 0 Å². The summed E-state index contributed by atoms with van der Waals surface area (Å²) in [6, 6.07) is 30.5. The Morgan fingerprint density at radius 3 is 2.34 bits per heavy atom. The number of carboxylic acid groups (broad SMARTS) is 1. The molecule has 0 saturated carbocycles. The molecule has 4 aromatic carbocycles. The lowest BCUT2D eigenvalue weighted by molar-refractivity contribution is 0.0696. The van der Waals surface area contributed by atoms with Crippen molar-refractivity contribution in [2.45, 2.75) is 25.2 Å². The molecular formula is C29H24O3. The molecule has 3 heteroatoms. The van der Waals surface area contributed by atoms with Gasteiger partial charge in [-0.2, -0.15) is 0 Å². The molecule has 158 valence electrons. The summed E-state index contributed by atoms with van der Waals surface area (Å²) in [4.78, 5) is 10.0. The smallest absolute Gasteiger partial charge is 0.338 e. The van der Waals surface area contributed by atoms with Gasteiger partial charge in [0.1, 0.15) is 6.26 Å². The largest absolute Gasteiger partial charge is 0.478 e. The van der Waals surface area contributed by atoms with Crippen LogP contribution in [-0.4, -0.2) is 11.1 Å². The molecule has 1 aliphatic carbocycles. The molecule has 0 spiro atoms. The van der Waals surface area contributed by atoms with Gasteiger partial charge in [-0.1, -0.05) is 78.9 Å². The minimum atomic E-state index is -0.959. The molecule has 0 radical (unpaired) electrons. The normalized spacial score (nSPS) is 15.1. The molecule has 1 heterocycles. The summed E-state index contributed by atoms with van der Waals surface area (Å²) in [6.45, 7) is 0. The summed E-state index contributed by atoms with van der Waals surface area (Å²) in [6.07, 6.45) is 6.24. The molecule has 1 N–H and O–H groups in total. The van der Waals surface area contributed by atoms with Crippen molar-refractivity contribution in [3.05, 3.63) is 120 Å². The highest BCUT2D eigenvalue weighted by molar-refractivity contribution is 6.08. The Kier molecular flexibility index (Phi) is 5.47. The van der Waals surface area contributed by atoms with Crippen LogP contribution in [0, 0.1) is 0 Å². The highest BCUT2D eigenvalue weighted by atomic mass is 16.4. The monoisotopic (exact) mass is 420 g/mol. The maximum Gasteiger partial charge on any atom is 0.338 e. The number of rotatable bonds is 2. The average molecular weight is 421 g/mol. The summed E-state index contributed by atoms with van der Waals surface area (Å²) in [5.74, 6) is -0.412. The predicted octanol–water partition coefficient (Wildman–Crippen LogP) is 7.44. The van der Waals surface area contributed by atoms with E-state index in [-0.39, 0.29) is 5.56 Å². The van der Waals surface area contributed by atoms with Crippen molar-refractivity contribution >= 4 is 27.5 Å². The van der Waals surface area contributed by atoms with E-state index in [9.17, 15) is 4.79 Å². The Labute approximate surface area is 186 Å². The van der Waals surface area contributed by atoms with Gasteiger partial charge in [0.2, 0.25) is 0 Å². The Bertz CT molecular complexity index is 1370. The standard InChI is InChI=1S/C24H20.C5H4O3/c1-2-7-17(8-3-1)20-11-6-12-21-22(20)15-16-23-19-10-5-4-9-18(19)13-14-24(21)23;6-5(7)4-1-2-8-3-4/h1-5,7-10,13-16,20H,6,11-12H2;1-3H,(H,6,7). The molecule has 32 heavy (non-hydrogen) atoms. The number of furan rings is 1. The maximum atomic E-state index is 10.0. The number of benzene rings is 4. The van der Waals surface area contributed by atoms with Crippen LogP contribution >= 0.6 is 0 Å². The molecule has 0 aliphatic heterocycles. The van der Waals surface area contributed by atoms with Crippen LogP contribution in [0.2, 0.25) is 0 Å². The summed E-state index contributed by atoms with van der Waals surface area (Å²) in [7, 11) is 0. The van der Waals surface area contributed by atoms with Crippen LogP contribution in [0.1, 0.15) is 45.8 Å². The molecule has 3 nitrogen and oxygen atoms in total.